The van der Waals surface area contributed by atoms with Crippen LogP contribution in [0.3, 0.4) is 0 Å². The molecule has 1 aliphatic heterocycles. The van der Waals surface area contributed by atoms with E-state index in [9.17, 15) is 14.4 Å². The molecule has 0 bridgehead atoms. The quantitative estimate of drug-likeness (QED) is 0.757. The molecule has 146 valence electrons. The normalized spacial score (nSPS) is 25.3. The third-order valence-corrected chi connectivity index (χ3v) is 5.33. The molecule has 1 saturated heterocycles. The average molecular weight is 374 g/mol. The monoisotopic (exact) mass is 374 g/mol. The molecule has 2 aliphatic rings. The molecule has 3 rings (SSSR count). The molecule has 2 N–H and O–H groups in total. The van der Waals surface area contributed by atoms with E-state index in [1.54, 1.807) is 4.90 Å². The first-order valence-electron chi connectivity index (χ1n) is 9.51. The predicted molar refractivity (Wildman–Crippen MR) is 98.1 cm³/mol. The molecular weight excluding hydrogens is 348 g/mol. The van der Waals surface area contributed by atoms with Crippen molar-refractivity contribution in [2.45, 2.75) is 38.1 Å². The Labute approximate surface area is 158 Å². The van der Waals surface area contributed by atoms with Crippen LogP contribution in [-0.2, 0) is 14.4 Å². The van der Waals surface area contributed by atoms with Crippen LogP contribution in [0, 0.1) is 11.8 Å². The highest BCUT2D eigenvalue weighted by Gasteiger charge is 2.35. The van der Waals surface area contributed by atoms with Crippen LogP contribution < -0.4 is 10.1 Å². The van der Waals surface area contributed by atoms with Crippen molar-refractivity contribution in [2.24, 2.45) is 11.8 Å². The molecule has 1 saturated carbocycles. The molecule has 27 heavy (non-hydrogen) atoms. The van der Waals surface area contributed by atoms with Gasteiger partial charge >= 0.3 is 5.97 Å². The van der Waals surface area contributed by atoms with E-state index < -0.39 is 11.9 Å². The van der Waals surface area contributed by atoms with Crippen molar-refractivity contribution in [3.05, 3.63) is 30.3 Å². The molecule has 1 aromatic rings. The molecule has 7 heteroatoms. The zero-order valence-corrected chi connectivity index (χ0v) is 15.3. The molecule has 1 aliphatic carbocycles. The number of nitrogens with one attached hydrogen (secondary N) is 1. The number of carboxylic acid groups (broad SMARTS) is 1. The van der Waals surface area contributed by atoms with E-state index in [-0.39, 0.29) is 30.2 Å². The Morgan fingerprint density at radius 2 is 1.93 bits per heavy atom. The van der Waals surface area contributed by atoms with Gasteiger partial charge in [-0.05, 0) is 31.4 Å². The lowest BCUT2D eigenvalue weighted by atomic mass is 9.81. The van der Waals surface area contributed by atoms with Gasteiger partial charge in [0.05, 0.1) is 18.5 Å². The van der Waals surface area contributed by atoms with Gasteiger partial charge in [-0.3, -0.25) is 14.4 Å². The Bertz CT molecular complexity index is 678. The van der Waals surface area contributed by atoms with Crippen LogP contribution in [0.25, 0.3) is 0 Å². The van der Waals surface area contributed by atoms with Crippen LogP contribution in [0.15, 0.2) is 30.3 Å². The highest BCUT2D eigenvalue weighted by atomic mass is 16.5. The van der Waals surface area contributed by atoms with Gasteiger partial charge in [-0.25, -0.2) is 0 Å². The molecule has 2 amide bonds. The summed E-state index contributed by atoms with van der Waals surface area (Å²) in [6.07, 6.45) is 2.77. The van der Waals surface area contributed by atoms with Gasteiger partial charge in [0.1, 0.15) is 12.4 Å². The van der Waals surface area contributed by atoms with E-state index in [2.05, 4.69) is 5.32 Å². The van der Waals surface area contributed by atoms with Gasteiger partial charge in [0, 0.05) is 18.9 Å². The molecule has 1 heterocycles. The smallest absolute Gasteiger partial charge is 0.306 e. The molecule has 0 radical (unpaired) electrons. The second-order valence-electron chi connectivity index (χ2n) is 7.31. The number of amides is 2. The standard InChI is InChI=1S/C20H26N2O5/c23-18-12-16(13-22(18)9-10-27-17-7-2-1-3-8-17)21-19(24)14-5-4-6-15(11-14)20(25)26/h1-3,7-8,14-16H,4-6,9-13H2,(H,21,24)(H,25,26). The van der Waals surface area contributed by atoms with Crippen molar-refractivity contribution in [1.29, 1.82) is 0 Å². The zero-order chi connectivity index (χ0) is 19.2. The van der Waals surface area contributed by atoms with Gasteiger partial charge < -0.3 is 20.1 Å². The van der Waals surface area contributed by atoms with Gasteiger partial charge in [-0.15, -0.1) is 0 Å². The van der Waals surface area contributed by atoms with Crippen molar-refractivity contribution in [3.63, 3.8) is 0 Å². The van der Waals surface area contributed by atoms with Crippen molar-refractivity contribution < 1.29 is 24.2 Å². The summed E-state index contributed by atoms with van der Waals surface area (Å²) in [6, 6.07) is 9.21. The maximum atomic E-state index is 12.5. The van der Waals surface area contributed by atoms with Crippen LogP contribution in [0.2, 0.25) is 0 Å². The molecule has 0 spiro atoms. The Hall–Kier alpha value is -2.57. The Kier molecular flexibility index (Phi) is 6.32. The summed E-state index contributed by atoms with van der Waals surface area (Å²) in [5, 5.41) is 12.1. The van der Waals surface area contributed by atoms with Gasteiger partial charge in [0.2, 0.25) is 11.8 Å². The van der Waals surface area contributed by atoms with Crippen molar-refractivity contribution in [2.75, 3.05) is 19.7 Å². The number of nitrogens with zero attached hydrogens (tertiary/aromatic N) is 1. The fourth-order valence-electron chi connectivity index (χ4n) is 3.85. The third-order valence-electron chi connectivity index (χ3n) is 5.33. The van der Waals surface area contributed by atoms with Crippen molar-refractivity contribution >= 4 is 17.8 Å². The number of ether oxygens (including phenoxy) is 1. The fraction of sp³-hybridized carbons (Fsp3) is 0.550. The fourth-order valence-corrected chi connectivity index (χ4v) is 3.85. The van der Waals surface area contributed by atoms with Gasteiger partial charge in [0.15, 0.2) is 0 Å². The highest BCUT2D eigenvalue weighted by molar-refractivity contribution is 5.83. The lowest BCUT2D eigenvalue weighted by molar-refractivity contribution is -0.144. The molecule has 3 unspecified atom stereocenters. The number of carbonyl (C=O) groups excluding carboxylic acids is 2. The third kappa shape index (κ3) is 5.21. The number of hydrogen-bond acceptors (Lipinski definition) is 4. The second kappa shape index (κ2) is 8.88. The Morgan fingerprint density at radius 1 is 1.19 bits per heavy atom. The summed E-state index contributed by atoms with van der Waals surface area (Å²) in [6.45, 7) is 1.35. The minimum absolute atomic E-state index is 0.00372. The number of benzene rings is 1. The summed E-state index contributed by atoms with van der Waals surface area (Å²) in [5.74, 6) is -0.894. The molecule has 3 atom stereocenters. The van der Waals surface area contributed by atoms with E-state index in [4.69, 9.17) is 9.84 Å². The molecule has 2 fully saturated rings. The number of aliphatic carboxylic acids is 1. The van der Waals surface area contributed by atoms with Crippen LogP contribution >= 0.6 is 0 Å². The van der Waals surface area contributed by atoms with E-state index in [0.717, 1.165) is 12.2 Å². The summed E-state index contributed by atoms with van der Waals surface area (Å²) >= 11 is 0. The summed E-state index contributed by atoms with van der Waals surface area (Å²) in [5.41, 5.74) is 0. The molecule has 0 aromatic heterocycles. The van der Waals surface area contributed by atoms with Gasteiger partial charge in [-0.2, -0.15) is 0 Å². The number of para-hydroxylation sites is 1. The molecule has 7 nitrogen and oxygen atoms in total. The lowest BCUT2D eigenvalue weighted by Gasteiger charge is -2.27. The summed E-state index contributed by atoms with van der Waals surface area (Å²) in [7, 11) is 0. The number of rotatable bonds is 7. The lowest BCUT2D eigenvalue weighted by Crippen LogP contribution is -2.42. The summed E-state index contributed by atoms with van der Waals surface area (Å²) < 4.78 is 5.63. The van der Waals surface area contributed by atoms with Crippen LogP contribution in [0.5, 0.6) is 5.75 Å². The van der Waals surface area contributed by atoms with Crippen molar-refractivity contribution in [3.8, 4) is 5.75 Å². The Balaban J connectivity index is 1.43. The van der Waals surface area contributed by atoms with E-state index in [0.29, 0.717) is 39.0 Å². The SMILES string of the molecule is O=C(O)C1CCCC(C(=O)NC2CC(=O)N(CCOc3ccccc3)C2)C1. The van der Waals surface area contributed by atoms with E-state index in [1.807, 2.05) is 30.3 Å². The summed E-state index contributed by atoms with van der Waals surface area (Å²) in [4.78, 5) is 37.5. The Morgan fingerprint density at radius 3 is 2.67 bits per heavy atom. The predicted octanol–water partition coefficient (Wildman–Crippen LogP) is 1.67. The topological polar surface area (TPSA) is 95.9 Å². The van der Waals surface area contributed by atoms with Crippen LogP contribution in [0.1, 0.15) is 32.1 Å². The number of likely N-dealkylation sites (tertiary alicyclic amines) is 1. The first-order valence-corrected chi connectivity index (χ1v) is 9.51. The number of carbonyl (C=O) groups is 3. The molecular formula is C20H26N2O5. The highest BCUT2D eigenvalue weighted by Crippen LogP contribution is 2.29. The van der Waals surface area contributed by atoms with Crippen LogP contribution in [-0.4, -0.2) is 53.5 Å². The number of hydrogen-bond donors (Lipinski definition) is 2. The van der Waals surface area contributed by atoms with Crippen molar-refractivity contribution in [1.82, 2.24) is 10.2 Å². The zero-order valence-electron chi connectivity index (χ0n) is 15.3. The van der Waals surface area contributed by atoms with E-state index >= 15 is 0 Å². The van der Waals surface area contributed by atoms with E-state index in [1.165, 1.54) is 0 Å². The van der Waals surface area contributed by atoms with Crippen LogP contribution in [0.4, 0.5) is 0 Å². The average Bonchev–Trinajstić information content (AvgIpc) is 3.02. The van der Waals surface area contributed by atoms with Gasteiger partial charge in [0.25, 0.3) is 0 Å². The molecule has 1 aromatic carbocycles. The maximum Gasteiger partial charge on any atom is 0.306 e. The second-order valence-corrected chi connectivity index (χ2v) is 7.31. The van der Waals surface area contributed by atoms with Gasteiger partial charge in [-0.1, -0.05) is 24.6 Å². The maximum absolute atomic E-state index is 12.5. The largest absolute Gasteiger partial charge is 0.492 e. The first kappa shape index (κ1) is 19.2. The minimum Gasteiger partial charge on any atom is -0.492 e. The first-order chi connectivity index (χ1) is 13.0. The number of carboxylic acids is 1. The minimum atomic E-state index is -0.826.